The van der Waals surface area contributed by atoms with E-state index in [2.05, 4.69) is 88.5 Å². The molecular formula is C39H50N6O3. The van der Waals surface area contributed by atoms with E-state index >= 15 is 0 Å². The fourth-order valence-corrected chi connectivity index (χ4v) is 6.06. The number of aryl methyl sites for hydroxylation is 1. The van der Waals surface area contributed by atoms with Crippen LogP contribution in [-0.4, -0.2) is 82.2 Å². The van der Waals surface area contributed by atoms with Gasteiger partial charge in [-0.3, -0.25) is 4.90 Å². The number of piperazine rings is 1. The number of anilines is 1. The summed E-state index contributed by atoms with van der Waals surface area (Å²) in [5.74, 6) is 7.78. The first kappa shape index (κ1) is 34.9. The van der Waals surface area contributed by atoms with Gasteiger partial charge < -0.3 is 20.1 Å². The highest BCUT2D eigenvalue weighted by Crippen LogP contribution is 2.33. The number of amides is 1. The van der Waals surface area contributed by atoms with E-state index in [1.807, 2.05) is 31.4 Å². The van der Waals surface area contributed by atoms with Gasteiger partial charge in [0.2, 0.25) is 0 Å². The number of hydrogen-bond acceptors (Lipinski definition) is 7. The van der Waals surface area contributed by atoms with Crippen molar-refractivity contribution in [3.63, 3.8) is 0 Å². The Morgan fingerprint density at radius 3 is 2.42 bits per heavy atom. The molecule has 1 fully saturated rings. The predicted octanol–water partition coefficient (Wildman–Crippen LogP) is 6.70. The smallest absolute Gasteiger partial charge is 0.407 e. The molecule has 3 heterocycles. The number of aliphatic hydroxyl groups excluding tert-OH is 1. The molecule has 254 valence electrons. The Morgan fingerprint density at radius 1 is 0.938 bits per heavy atom. The van der Waals surface area contributed by atoms with Crippen molar-refractivity contribution in [2.45, 2.75) is 71.8 Å². The van der Waals surface area contributed by atoms with Crippen LogP contribution in [0.4, 0.5) is 10.6 Å². The van der Waals surface area contributed by atoms with E-state index in [1.54, 1.807) is 0 Å². The van der Waals surface area contributed by atoms with Crippen LogP contribution in [0.3, 0.4) is 0 Å². The number of carbonyl (C=O) groups is 1. The fraction of sp³-hybridized carbons (Fsp3) is 0.462. The van der Waals surface area contributed by atoms with Crippen LogP contribution in [0.1, 0.15) is 70.6 Å². The number of rotatable bonds is 12. The van der Waals surface area contributed by atoms with E-state index < -0.39 is 5.60 Å². The number of β-amino-alcohol motifs (C(OH)–C–C–N with tert-alkyl or cyclic N) is 1. The summed E-state index contributed by atoms with van der Waals surface area (Å²) in [4.78, 5) is 21.6. The maximum atomic E-state index is 11.7. The highest BCUT2D eigenvalue weighted by Gasteiger charge is 2.23. The summed E-state index contributed by atoms with van der Waals surface area (Å²) in [6.45, 7) is 12.7. The number of unbranched alkanes of at least 4 members (excludes halogenated alkanes) is 5. The lowest BCUT2D eigenvalue weighted by atomic mass is 10.1. The number of aliphatic hydroxyl groups is 1. The Kier molecular flexibility index (Phi) is 12.1. The molecule has 1 aliphatic rings. The topological polar surface area (TPSA) is 95.2 Å². The minimum Gasteiger partial charge on any atom is -0.444 e. The van der Waals surface area contributed by atoms with E-state index in [0.717, 1.165) is 110 Å². The van der Waals surface area contributed by atoms with Crippen LogP contribution in [0.5, 0.6) is 0 Å². The van der Waals surface area contributed by atoms with Crippen molar-refractivity contribution in [2.24, 2.45) is 0 Å². The Morgan fingerprint density at radius 2 is 1.67 bits per heavy atom. The molecule has 0 bridgehead atoms. The number of nitrogens with one attached hydrogen (secondary N) is 1. The lowest BCUT2D eigenvalue weighted by molar-refractivity contribution is 0.0527. The summed E-state index contributed by atoms with van der Waals surface area (Å²) in [5, 5.41) is 17.3. The van der Waals surface area contributed by atoms with Gasteiger partial charge in [-0.1, -0.05) is 73.6 Å². The first-order valence-electron chi connectivity index (χ1n) is 17.3. The van der Waals surface area contributed by atoms with Gasteiger partial charge in [-0.2, -0.15) is 9.61 Å². The molecule has 9 heteroatoms. The van der Waals surface area contributed by atoms with Gasteiger partial charge in [-0.25, -0.2) is 9.78 Å². The number of alkyl carbamates (subject to hydrolysis) is 1. The van der Waals surface area contributed by atoms with Crippen molar-refractivity contribution in [3.05, 3.63) is 71.9 Å². The number of benzene rings is 2. The van der Waals surface area contributed by atoms with E-state index in [0.29, 0.717) is 13.1 Å². The number of aromatic nitrogens is 3. The van der Waals surface area contributed by atoms with Gasteiger partial charge in [0, 0.05) is 68.4 Å². The lowest BCUT2D eigenvalue weighted by Crippen LogP contribution is -2.47. The molecule has 0 unspecified atom stereocenters. The van der Waals surface area contributed by atoms with Crippen LogP contribution in [-0.2, 0) is 4.74 Å². The molecule has 2 aromatic heterocycles. The molecule has 1 saturated heterocycles. The van der Waals surface area contributed by atoms with Gasteiger partial charge >= 0.3 is 6.09 Å². The van der Waals surface area contributed by atoms with E-state index in [9.17, 15) is 9.90 Å². The highest BCUT2D eigenvalue weighted by atomic mass is 16.6. The fourth-order valence-electron chi connectivity index (χ4n) is 6.06. The van der Waals surface area contributed by atoms with Crippen molar-refractivity contribution in [1.29, 1.82) is 0 Å². The Bertz CT molecular complexity index is 1710. The van der Waals surface area contributed by atoms with Crippen LogP contribution < -0.4 is 10.2 Å². The maximum absolute atomic E-state index is 11.7. The second-order valence-corrected chi connectivity index (χ2v) is 13.4. The van der Waals surface area contributed by atoms with Crippen molar-refractivity contribution >= 4 is 17.6 Å². The molecule has 2 N–H and O–H groups in total. The third-order valence-electron chi connectivity index (χ3n) is 8.46. The zero-order valence-corrected chi connectivity index (χ0v) is 29.0. The molecule has 9 nitrogen and oxygen atoms in total. The van der Waals surface area contributed by atoms with Gasteiger partial charge in [-0.15, -0.1) is 0 Å². The minimum absolute atomic E-state index is 0.179. The Hall–Kier alpha value is -4.39. The normalized spacial score (nSPS) is 13.7. The van der Waals surface area contributed by atoms with Crippen LogP contribution in [0.15, 0.2) is 60.7 Å². The summed E-state index contributed by atoms with van der Waals surface area (Å²) in [6.07, 6.45) is 5.84. The first-order chi connectivity index (χ1) is 23.2. The molecule has 4 aromatic rings. The Labute approximate surface area is 285 Å². The van der Waals surface area contributed by atoms with Crippen molar-refractivity contribution in [2.75, 3.05) is 50.8 Å². The zero-order valence-electron chi connectivity index (χ0n) is 29.0. The van der Waals surface area contributed by atoms with Crippen molar-refractivity contribution in [3.8, 4) is 34.2 Å². The summed E-state index contributed by atoms with van der Waals surface area (Å²) in [5.41, 5.74) is 6.39. The van der Waals surface area contributed by atoms with Gasteiger partial charge in [0.15, 0.2) is 5.65 Å². The van der Waals surface area contributed by atoms with E-state index in [-0.39, 0.29) is 12.7 Å². The molecular weight excluding hydrogens is 600 g/mol. The highest BCUT2D eigenvalue weighted by molar-refractivity contribution is 5.83. The van der Waals surface area contributed by atoms with Gasteiger partial charge in [0.05, 0.1) is 18.0 Å². The molecule has 0 radical (unpaired) electrons. The molecule has 1 amide bonds. The molecule has 0 atom stereocenters. The Balaban J connectivity index is 1.25. The summed E-state index contributed by atoms with van der Waals surface area (Å²) >= 11 is 0. The summed E-state index contributed by atoms with van der Waals surface area (Å²) in [7, 11) is 0. The minimum atomic E-state index is -0.467. The van der Waals surface area contributed by atoms with Crippen LogP contribution >= 0.6 is 0 Å². The SMILES string of the molecule is Cc1nn2c(N3CCN(CCO)CC3)cc(-c3cccc(C#CCCCCCCCNC(=O)OC(C)(C)C)c3)nc2c1-c1ccccc1. The number of hydrogen-bond donors (Lipinski definition) is 2. The van der Waals surface area contributed by atoms with Crippen LogP contribution in [0, 0.1) is 18.8 Å². The van der Waals surface area contributed by atoms with Gasteiger partial charge in [0.1, 0.15) is 11.4 Å². The van der Waals surface area contributed by atoms with Crippen molar-refractivity contribution in [1.82, 2.24) is 24.8 Å². The maximum Gasteiger partial charge on any atom is 0.407 e. The number of nitrogens with zero attached hydrogens (tertiary/aromatic N) is 5. The third-order valence-corrected chi connectivity index (χ3v) is 8.46. The number of ether oxygens (including phenoxy) is 1. The molecule has 2 aromatic carbocycles. The molecule has 48 heavy (non-hydrogen) atoms. The van der Waals surface area contributed by atoms with Crippen molar-refractivity contribution < 1.29 is 14.6 Å². The van der Waals surface area contributed by atoms with Crippen LogP contribution in [0.2, 0.25) is 0 Å². The molecule has 0 aliphatic carbocycles. The first-order valence-corrected chi connectivity index (χ1v) is 17.3. The monoisotopic (exact) mass is 650 g/mol. The third kappa shape index (κ3) is 9.59. The van der Waals surface area contributed by atoms with Gasteiger partial charge in [0.25, 0.3) is 0 Å². The molecule has 5 rings (SSSR count). The standard InChI is InChI=1S/C39H50N6O3/c1-30-36(32-18-12-10-13-19-32)37-41-34(29-35(45(37)42-30)44-24-22-43(23-25-44)26-27-46)33-20-15-17-31(28-33)16-11-8-6-5-7-9-14-21-40-38(47)48-39(2,3)4/h10,12-13,15,17-20,28-29,46H,5-9,14,21-27H2,1-4H3,(H,40,47). The number of carbonyl (C=O) groups excluding carboxylic acids is 1. The average Bonchev–Trinajstić information content (AvgIpc) is 3.41. The summed E-state index contributed by atoms with van der Waals surface area (Å²) < 4.78 is 7.28. The summed E-state index contributed by atoms with van der Waals surface area (Å²) in [6, 6.07) is 20.9. The zero-order chi connectivity index (χ0) is 33.9. The number of fused-ring (bicyclic) bond motifs is 1. The molecule has 1 aliphatic heterocycles. The molecule has 0 spiro atoms. The van der Waals surface area contributed by atoms with E-state index in [1.165, 1.54) is 0 Å². The quantitative estimate of drug-likeness (QED) is 0.130. The van der Waals surface area contributed by atoms with Gasteiger partial charge in [-0.05, 0) is 58.2 Å². The lowest BCUT2D eigenvalue weighted by Gasteiger charge is -2.35. The van der Waals surface area contributed by atoms with Crippen LogP contribution in [0.25, 0.3) is 28.0 Å². The van der Waals surface area contributed by atoms with E-state index in [4.69, 9.17) is 14.8 Å². The second kappa shape index (κ2) is 16.6. The predicted molar refractivity (Wildman–Crippen MR) is 193 cm³/mol. The average molecular weight is 651 g/mol. The molecule has 0 saturated carbocycles. The second-order valence-electron chi connectivity index (χ2n) is 13.4. The largest absolute Gasteiger partial charge is 0.444 e.